The number of aliphatic hydroxyl groups excluding tert-OH is 9. The second kappa shape index (κ2) is 20.9. The number of carboxylic acid groups (broad SMARTS) is 5. The maximum absolute atomic E-state index is 11.7. The quantitative estimate of drug-likeness (QED) is 0.0476. The van der Waals surface area contributed by atoms with Crippen LogP contribution < -0.4 is 5.32 Å². The van der Waals surface area contributed by atoms with Gasteiger partial charge in [-0.1, -0.05) is 0 Å². The van der Waals surface area contributed by atoms with Gasteiger partial charge in [0.2, 0.25) is 0 Å². The van der Waals surface area contributed by atoms with E-state index >= 15 is 0 Å². The third-order valence-electron chi connectivity index (χ3n) is 6.77. The van der Waals surface area contributed by atoms with Gasteiger partial charge in [-0.25, -0.2) is 4.79 Å². The lowest BCUT2D eigenvalue weighted by Crippen LogP contribution is -2.74. The summed E-state index contributed by atoms with van der Waals surface area (Å²) in [6.07, 6.45) is -17.4. The van der Waals surface area contributed by atoms with E-state index in [9.17, 15) is 64.8 Å². The number of nitrogens with zero attached hydrogens (tertiary/aromatic N) is 1. The zero-order chi connectivity index (χ0) is 36.6. The number of carbonyl (C=O) groups is 5. The maximum atomic E-state index is 11.7. The van der Waals surface area contributed by atoms with Crippen molar-refractivity contribution in [1.82, 2.24) is 10.2 Å². The number of carboxylic acids is 5. The van der Waals surface area contributed by atoms with Crippen molar-refractivity contribution >= 4 is 29.8 Å². The SMILES string of the molecule is CN(CC(=O)O)C(CC(=O)O)(CC(=O)O)[C@](CC(=O)O)(OCC(=O)O)[C@@H](O)[C@H](O)[C@H](O)CO.CNC[C@H](O)[C@@H](O)[C@H](O)[C@H](O)CO. The summed E-state index contributed by atoms with van der Waals surface area (Å²) in [6, 6.07) is 0. The Bertz CT molecular complexity index is 967. The molecule has 8 atom stereocenters. The molecule has 0 amide bonds. The Labute approximate surface area is 260 Å². The Morgan fingerprint density at radius 3 is 1.41 bits per heavy atom. The minimum Gasteiger partial charge on any atom is -0.481 e. The molecule has 0 saturated heterocycles. The Morgan fingerprint density at radius 2 is 1.07 bits per heavy atom. The fourth-order valence-corrected chi connectivity index (χ4v) is 4.53. The minimum atomic E-state index is -3.15. The highest BCUT2D eigenvalue weighted by atomic mass is 16.5. The number of likely N-dealkylation sites (N-methyl/N-ethyl adjacent to an activating group) is 2. The Morgan fingerprint density at radius 1 is 0.652 bits per heavy atom. The van der Waals surface area contributed by atoms with Gasteiger partial charge in [0.15, 0.2) is 0 Å². The molecule has 22 nitrogen and oxygen atoms in total. The summed E-state index contributed by atoms with van der Waals surface area (Å²) >= 11 is 0. The minimum absolute atomic E-state index is 0.0936. The summed E-state index contributed by atoms with van der Waals surface area (Å²) < 4.78 is 5.11. The lowest BCUT2D eigenvalue weighted by Gasteiger charge is -2.55. The summed E-state index contributed by atoms with van der Waals surface area (Å²) in [7, 11) is 2.44. The molecular formula is C24H44N2O20. The topological polar surface area (TPSA) is 393 Å². The molecule has 22 heteroatoms. The van der Waals surface area contributed by atoms with E-state index < -0.39 is 129 Å². The normalized spacial score (nSPS) is 17.7. The van der Waals surface area contributed by atoms with E-state index in [2.05, 4.69) is 5.32 Å². The number of aliphatic carboxylic acids is 5. The lowest BCUT2D eigenvalue weighted by atomic mass is 9.66. The highest BCUT2D eigenvalue weighted by molar-refractivity contribution is 5.77. The third kappa shape index (κ3) is 13.3. The molecule has 46 heavy (non-hydrogen) atoms. The maximum Gasteiger partial charge on any atom is 0.329 e. The van der Waals surface area contributed by atoms with Gasteiger partial charge in [0, 0.05) is 6.54 Å². The van der Waals surface area contributed by atoms with Gasteiger partial charge >= 0.3 is 29.8 Å². The largest absolute Gasteiger partial charge is 0.481 e. The predicted octanol–water partition coefficient (Wildman–Crippen LogP) is -7.28. The van der Waals surface area contributed by atoms with Gasteiger partial charge in [-0.05, 0) is 14.1 Å². The van der Waals surface area contributed by atoms with Gasteiger partial charge in [0.25, 0.3) is 0 Å². The van der Waals surface area contributed by atoms with Crippen LogP contribution in [0.4, 0.5) is 0 Å². The molecule has 0 aliphatic heterocycles. The Balaban J connectivity index is 0. The summed E-state index contributed by atoms with van der Waals surface area (Å²) in [5.74, 6) is -8.98. The van der Waals surface area contributed by atoms with E-state index in [1.165, 1.54) is 0 Å². The number of hydrogen-bond acceptors (Lipinski definition) is 17. The molecule has 0 unspecified atom stereocenters. The van der Waals surface area contributed by atoms with Crippen LogP contribution in [0.3, 0.4) is 0 Å². The van der Waals surface area contributed by atoms with Crippen LogP contribution in [0.25, 0.3) is 0 Å². The van der Waals surface area contributed by atoms with Crippen molar-refractivity contribution in [2.24, 2.45) is 0 Å². The molecule has 0 rings (SSSR count). The highest BCUT2D eigenvalue weighted by Gasteiger charge is 2.64. The Hall–Kier alpha value is -3.13. The summed E-state index contributed by atoms with van der Waals surface area (Å²) in [5.41, 5.74) is -5.96. The Kier molecular flexibility index (Phi) is 20.4. The van der Waals surface area contributed by atoms with Crippen molar-refractivity contribution < 1.29 is 100 Å². The monoisotopic (exact) mass is 680 g/mol. The molecule has 270 valence electrons. The van der Waals surface area contributed by atoms with Crippen LogP contribution in [0.1, 0.15) is 19.3 Å². The van der Waals surface area contributed by atoms with Crippen molar-refractivity contribution in [1.29, 1.82) is 0 Å². The summed E-state index contributed by atoms with van der Waals surface area (Å²) in [6.45, 7) is -4.37. The van der Waals surface area contributed by atoms with Crippen LogP contribution in [0, 0.1) is 0 Å². The number of nitrogens with one attached hydrogen (secondary N) is 1. The number of rotatable bonds is 23. The van der Waals surface area contributed by atoms with E-state index in [4.69, 9.17) is 35.4 Å². The van der Waals surface area contributed by atoms with E-state index in [-0.39, 0.29) is 6.54 Å². The average molecular weight is 681 g/mol. The molecule has 0 aromatic carbocycles. The smallest absolute Gasteiger partial charge is 0.329 e. The molecule has 0 spiro atoms. The third-order valence-corrected chi connectivity index (χ3v) is 6.77. The van der Waals surface area contributed by atoms with Crippen LogP contribution in [0.15, 0.2) is 0 Å². The van der Waals surface area contributed by atoms with Gasteiger partial charge < -0.3 is 81.5 Å². The number of aliphatic hydroxyl groups is 9. The van der Waals surface area contributed by atoms with Crippen LogP contribution in [0.5, 0.6) is 0 Å². The second-order valence-electron chi connectivity index (χ2n) is 10.1. The molecule has 0 aliphatic carbocycles. The van der Waals surface area contributed by atoms with E-state index in [1.54, 1.807) is 7.05 Å². The first-order valence-electron chi connectivity index (χ1n) is 13.2. The molecule has 0 heterocycles. The highest BCUT2D eigenvalue weighted by Crippen LogP contribution is 2.44. The van der Waals surface area contributed by atoms with E-state index in [0.717, 1.165) is 7.05 Å². The van der Waals surface area contributed by atoms with E-state index in [0.29, 0.717) is 4.90 Å². The molecule has 0 aromatic heterocycles. The van der Waals surface area contributed by atoms with Crippen LogP contribution >= 0.6 is 0 Å². The van der Waals surface area contributed by atoms with Crippen molar-refractivity contribution in [3.05, 3.63) is 0 Å². The summed E-state index contributed by atoms with van der Waals surface area (Å²) in [5, 5.41) is 134. The second-order valence-corrected chi connectivity index (χ2v) is 10.1. The summed E-state index contributed by atoms with van der Waals surface area (Å²) in [4.78, 5) is 58.2. The predicted molar refractivity (Wildman–Crippen MR) is 146 cm³/mol. The standard InChI is InChI=1S/C17H27NO15.C7H17NO5/c1-18(5-12(27)28)16(2-9(21)22,3-10(23)24)17(4-11(25)26,33-7-13(29)30)15(32)14(31)8(20)6-19;1-8-2-4(10)6(12)7(13)5(11)3-9/h8,14-15,19-20,31-32H,2-7H2,1H3,(H,21,22)(H,23,24)(H,25,26)(H,27,28)(H,29,30);4-13H,2-3H2,1H3/t8-,14-,15+,17-;4-,5+,6+,7+/m10/s1. The fourth-order valence-electron chi connectivity index (χ4n) is 4.53. The zero-order valence-corrected chi connectivity index (χ0v) is 24.9. The van der Waals surface area contributed by atoms with E-state index in [1.807, 2.05) is 0 Å². The van der Waals surface area contributed by atoms with Crippen LogP contribution in [-0.2, 0) is 28.7 Å². The first-order chi connectivity index (χ1) is 21.1. The number of ether oxygens (including phenoxy) is 1. The van der Waals surface area contributed by atoms with Crippen molar-refractivity contribution in [2.45, 2.75) is 73.1 Å². The first-order valence-corrected chi connectivity index (χ1v) is 13.2. The van der Waals surface area contributed by atoms with Crippen molar-refractivity contribution in [3.8, 4) is 0 Å². The lowest BCUT2D eigenvalue weighted by molar-refractivity contribution is -0.245. The van der Waals surface area contributed by atoms with Gasteiger partial charge in [0.05, 0.1) is 50.7 Å². The molecule has 0 bridgehead atoms. The molecule has 0 fully saturated rings. The van der Waals surface area contributed by atoms with Gasteiger partial charge in [0.1, 0.15) is 48.8 Å². The van der Waals surface area contributed by atoms with Gasteiger partial charge in [-0.15, -0.1) is 0 Å². The number of hydrogen-bond donors (Lipinski definition) is 15. The van der Waals surface area contributed by atoms with Crippen molar-refractivity contribution in [2.75, 3.05) is 47.0 Å². The van der Waals surface area contributed by atoms with Gasteiger partial charge in [-0.3, -0.25) is 24.1 Å². The first kappa shape index (κ1) is 45.0. The van der Waals surface area contributed by atoms with Crippen LogP contribution in [-0.4, -0.2) is 207 Å². The molecular weight excluding hydrogens is 636 g/mol. The van der Waals surface area contributed by atoms with Gasteiger partial charge in [-0.2, -0.15) is 0 Å². The van der Waals surface area contributed by atoms with Crippen molar-refractivity contribution in [3.63, 3.8) is 0 Å². The van der Waals surface area contributed by atoms with Crippen LogP contribution in [0.2, 0.25) is 0 Å². The molecule has 0 aliphatic rings. The zero-order valence-electron chi connectivity index (χ0n) is 24.9. The molecule has 0 radical (unpaired) electrons. The molecule has 0 aromatic rings. The fraction of sp³-hybridized carbons (Fsp3) is 0.792. The molecule has 15 N–H and O–H groups in total. The average Bonchev–Trinajstić information content (AvgIpc) is 2.95. The molecule has 0 saturated carbocycles.